The summed E-state index contributed by atoms with van der Waals surface area (Å²) in [7, 11) is 0. The van der Waals surface area contributed by atoms with Crippen LogP contribution in [0, 0.1) is 6.92 Å². The molecule has 4 rings (SSSR count). The topological polar surface area (TPSA) is 101 Å². The van der Waals surface area contributed by atoms with Crippen molar-refractivity contribution >= 4 is 39.4 Å². The Morgan fingerprint density at radius 1 is 1.46 bits per heavy atom. The lowest BCUT2D eigenvalue weighted by molar-refractivity contribution is -0.131. The van der Waals surface area contributed by atoms with Gasteiger partial charge in [-0.25, -0.2) is 14.6 Å². The molecule has 1 aromatic carbocycles. The van der Waals surface area contributed by atoms with Gasteiger partial charge in [-0.2, -0.15) is 0 Å². The minimum atomic E-state index is -1.03. The number of rotatable bonds is 3. The first-order valence-corrected chi connectivity index (χ1v) is 7.92. The van der Waals surface area contributed by atoms with Crippen molar-refractivity contribution in [3.05, 3.63) is 51.6 Å². The molecule has 2 N–H and O–H groups in total. The molecule has 0 aliphatic rings. The molecular formula is C16H11N3O4S. The largest absolute Gasteiger partial charge is 0.478 e. The third kappa shape index (κ3) is 2.24. The second-order valence-corrected chi connectivity index (χ2v) is 6.07. The molecule has 0 spiro atoms. The van der Waals surface area contributed by atoms with E-state index in [4.69, 9.17) is 9.52 Å². The standard InChI is InChI=1S/C16H11N3O4S/c1-8-7-24-15-18-14(11(19(8)15)4-5-13(20)21)9-2-3-10-12(6-9)23-16(22)17-10/h2-7H,1H3,(H,17,22)(H,20,21)/b5-4+. The Morgan fingerprint density at radius 3 is 3.08 bits per heavy atom. The minimum absolute atomic E-state index is 0.429. The monoisotopic (exact) mass is 341 g/mol. The van der Waals surface area contributed by atoms with Crippen LogP contribution in [0.4, 0.5) is 0 Å². The van der Waals surface area contributed by atoms with Gasteiger partial charge in [0.15, 0.2) is 10.5 Å². The zero-order chi connectivity index (χ0) is 16.8. The maximum Gasteiger partial charge on any atom is 0.417 e. The van der Waals surface area contributed by atoms with Crippen LogP contribution in [-0.4, -0.2) is 25.4 Å². The van der Waals surface area contributed by atoms with E-state index < -0.39 is 11.7 Å². The van der Waals surface area contributed by atoms with Crippen LogP contribution in [0.1, 0.15) is 11.4 Å². The predicted molar refractivity (Wildman–Crippen MR) is 90.3 cm³/mol. The molecule has 3 aromatic heterocycles. The number of aromatic amines is 1. The van der Waals surface area contributed by atoms with Crippen LogP contribution >= 0.6 is 11.3 Å². The molecule has 4 aromatic rings. The Labute approximate surface area is 138 Å². The summed E-state index contributed by atoms with van der Waals surface area (Å²) in [6, 6.07) is 5.27. The van der Waals surface area contributed by atoms with Crippen molar-refractivity contribution in [2.24, 2.45) is 0 Å². The fraction of sp³-hybridized carbons (Fsp3) is 0.0625. The molecule has 0 radical (unpaired) electrons. The highest BCUT2D eigenvalue weighted by Gasteiger charge is 2.16. The molecule has 0 saturated heterocycles. The van der Waals surface area contributed by atoms with Crippen LogP contribution in [0.2, 0.25) is 0 Å². The Hall–Kier alpha value is -3.13. The number of aryl methyl sites for hydroxylation is 1. The van der Waals surface area contributed by atoms with Crippen LogP contribution < -0.4 is 5.76 Å². The van der Waals surface area contributed by atoms with Gasteiger partial charge < -0.3 is 9.52 Å². The number of imidazole rings is 1. The van der Waals surface area contributed by atoms with Crippen molar-refractivity contribution in [1.29, 1.82) is 0 Å². The van der Waals surface area contributed by atoms with Crippen molar-refractivity contribution < 1.29 is 14.3 Å². The Balaban J connectivity index is 1.98. The lowest BCUT2D eigenvalue weighted by atomic mass is 10.1. The van der Waals surface area contributed by atoms with Gasteiger partial charge in [0, 0.05) is 22.7 Å². The lowest BCUT2D eigenvalue weighted by Gasteiger charge is -2.01. The van der Waals surface area contributed by atoms with Crippen LogP contribution in [0.3, 0.4) is 0 Å². The molecule has 0 fully saturated rings. The Bertz CT molecular complexity index is 1180. The van der Waals surface area contributed by atoms with Gasteiger partial charge in [-0.1, -0.05) is 6.07 Å². The smallest absolute Gasteiger partial charge is 0.417 e. The number of nitrogens with one attached hydrogen (secondary N) is 1. The normalized spacial score (nSPS) is 11.9. The number of fused-ring (bicyclic) bond motifs is 2. The van der Waals surface area contributed by atoms with Crippen LogP contribution in [-0.2, 0) is 4.79 Å². The first-order valence-electron chi connectivity index (χ1n) is 7.04. The third-order valence-corrected chi connectivity index (χ3v) is 4.59. The van der Waals surface area contributed by atoms with Crippen LogP contribution in [0.15, 0.2) is 38.9 Å². The molecule has 0 amide bonds. The number of aliphatic carboxylic acids is 1. The molecule has 0 atom stereocenters. The molecule has 0 unspecified atom stereocenters. The summed E-state index contributed by atoms with van der Waals surface area (Å²) in [5.41, 5.74) is 4.04. The van der Waals surface area contributed by atoms with E-state index in [2.05, 4.69) is 9.97 Å². The van der Waals surface area contributed by atoms with Gasteiger partial charge in [-0.15, -0.1) is 11.3 Å². The Kier molecular flexibility index (Phi) is 3.14. The number of carboxylic acids is 1. The fourth-order valence-corrected chi connectivity index (χ4v) is 3.50. The SMILES string of the molecule is Cc1csc2nc(-c3ccc4[nH]c(=O)oc4c3)c(/C=C/C(=O)O)n12. The van der Waals surface area contributed by atoms with Gasteiger partial charge >= 0.3 is 11.7 Å². The van der Waals surface area contributed by atoms with E-state index in [9.17, 15) is 9.59 Å². The fourth-order valence-electron chi connectivity index (χ4n) is 2.63. The van der Waals surface area contributed by atoms with E-state index in [-0.39, 0.29) is 0 Å². The molecule has 0 aliphatic heterocycles. The summed E-state index contributed by atoms with van der Waals surface area (Å²) in [4.78, 5) is 30.2. The van der Waals surface area contributed by atoms with E-state index in [1.54, 1.807) is 12.1 Å². The summed E-state index contributed by atoms with van der Waals surface area (Å²) in [5.74, 6) is -1.55. The molecule has 3 heterocycles. The van der Waals surface area contributed by atoms with Gasteiger partial charge in [0.1, 0.15) is 0 Å². The van der Waals surface area contributed by atoms with Crippen LogP contribution in [0.25, 0.3) is 33.4 Å². The average Bonchev–Trinajstić information content (AvgIpc) is 3.18. The summed E-state index contributed by atoms with van der Waals surface area (Å²) in [6.07, 6.45) is 2.61. The third-order valence-electron chi connectivity index (χ3n) is 3.65. The van der Waals surface area contributed by atoms with Crippen molar-refractivity contribution in [2.45, 2.75) is 6.92 Å². The molecule has 8 heteroatoms. The first kappa shape index (κ1) is 14.5. The van der Waals surface area contributed by atoms with Gasteiger partial charge in [-0.3, -0.25) is 9.38 Å². The number of thiazole rings is 1. The van der Waals surface area contributed by atoms with Crippen molar-refractivity contribution in [3.63, 3.8) is 0 Å². The van der Waals surface area contributed by atoms with E-state index in [1.807, 2.05) is 22.8 Å². The predicted octanol–water partition coefficient (Wildman–Crippen LogP) is 2.90. The maximum atomic E-state index is 11.3. The van der Waals surface area contributed by atoms with Crippen molar-refractivity contribution in [2.75, 3.05) is 0 Å². The number of H-pyrrole nitrogens is 1. The molecule has 7 nitrogen and oxygen atoms in total. The van der Waals surface area contributed by atoms with E-state index in [0.29, 0.717) is 22.5 Å². The number of nitrogens with zero attached hydrogens (tertiary/aromatic N) is 2. The number of aromatic nitrogens is 3. The Morgan fingerprint density at radius 2 is 2.29 bits per heavy atom. The first-order chi connectivity index (χ1) is 11.5. The second kappa shape index (κ2) is 5.20. The summed E-state index contributed by atoms with van der Waals surface area (Å²) in [5, 5.41) is 10.9. The molecule has 120 valence electrons. The number of hydrogen-bond donors (Lipinski definition) is 2. The van der Waals surface area contributed by atoms with E-state index in [0.717, 1.165) is 22.3 Å². The molecule has 0 bridgehead atoms. The number of carboxylic acid groups (broad SMARTS) is 1. The average molecular weight is 341 g/mol. The molecule has 0 saturated carbocycles. The van der Waals surface area contributed by atoms with Gasteiger partial charge in [-0.05, 0) is 25.1 Å². The lowest BCUT2D eigenvalue weighted by Crippen LogP contribution is -1.92. The highest BCUT2D eigenvalue weighted by atomic mass is 32.1. The number of benzene rings is 1. The van der Waals surface area contributed by atoms with Crippen molar-refractivity contribution in [1.82, 2.24) is 14.4 Å². The summed E-state index contributed by atoms with van der Waals surface area (Å²) < 4.78 is 6.99. The number of oxazole rings is 1. The maximum absolute atomic E-state index is 11.3. The van der Waals surface area contributed by atoms with E-state index >= 15 is 0 Å². The van der Waals surface area contributed by atoms with E-state index in [1.165, 1.54) is 17.4 Å². The minimum Gasteiger partial charge on any atom is -0.478 e. The zero-order valence-corrected chi connectivity index (χ0v) is 13.3. The second-order valence-electron chi connectivity index (χ2n) is 5.24. The quantitative estimate of drug-likeness (QED) is 0.558. The molecular weight excluding hydrogens is 330 g/mol. The van der Waals surface area contributed by atoms with Gasteiger partial charge in [0.2, 0.25) is 0 Å². The summed E-state index contributed by atoms with van der Waals surface area (Å²) in [6.45, 7) is 1.93. The molecule has 24 heavy (non-hydrogen) atoms. The number of hydrogen-bond acceptors (Lipinski definition) is 5. The zero-order valence-electron chi connectivity index (χ0n) is 12.4. The number of carbonyl (C=O) groups is 1. The van der Waals surface area contributed by atoms with Crippen molar-refractivity contribution in [3.8, 4) is 11.3 Å². The van der Waals surface area contributed by atoms with Crippen LogP contribution in [0.5, 0.6) is 0 Å². The van der Waals surface area contributed by atoms with Gasteiger partial charge in [0.25, 0.3) is 0 Å². The molecule has 0 aliphatic carbocycles. The highest BCUT2D eigenvalue weighted by Crippen LogP contribution is 2.30. The summed E-state index contributed by atoms with van der Waals surface area (Å²) >= 11 is 1.48. The highest BCUT2D eigenvalue weighted by molar-refractivity contribution is 7.15. The van der Waals surface area contributed by atoms with Gasteiger partial charge in [0.05, 0.1) is 16.9 Å².